The molecular formula is C14H15BrN2O4. The second kappa shape index (κ2) is 6.73. The molecule has 1 aromatic carbocycles. The molecule has 0 aliphatic heterocycles. The van der Waals surface area contributed by atoms with Crippen LogP contribution in [0.15, 0.2) is 28.9 Å². The Balaban J connectivity index is 2.42. The molecule has 1 heterocycles. The van der Waals surface area contributed by atoms with Gasteiger partial charge in [0.05, 0.1) is 17.3 Å². The molecule has 7 heteroatoms. The first kappa shape index (κ1) is 15.5. The number of nitrogens with zero attached hydrogens (tertiary/aromatic N) is 2. The lowest BCUT2D eigenvalue weighted by molar-refractivity contribution is 0.0688. The monoisotopic (exact) mass is 354 g/mol. The van der Waals surface area contributed by atoms with E-state index < -0.39 is 5.97 Å². The van der Waals surface area contributed by atoms with Crippen LogP contribution in [-0.2, 0) is 6.42 Å². The van der Waals surface area contributed by atoms with Crippen molar-refractivity contribution in [3.05, 3.63) is 40.1 Å². The van der Waals surface area contributed by atoms with E-state index in [-0.39, 0.29) is 12.3 Å². The summed E-state index contributed by atoms with van der Waals surface area (Å²) in [5, 5.41) is 22.2. The third-order valence-corrected chi connectivity index (χ3v) is 3.65. The predicted octanol–water partition coefficient (Wildman–Crippen LogP) is 2.27. The fourth-order valence-corrected chi connectivity index (χ4v) is 2.37. The van der Waals surface area contributed by atoms with Crippen molar-refractivity contribution >= 4 is 21.9 Å². The molecule has 0 spiro atoms. The van der Waals surface area contributed by atoms with Crippen LogP contribution in [0, 0.1) is 0 Å². The number of aromatic nitrogens is 2. The molecule has 0 bridgehead atoms. The van der Waals surface area contributed by atoms with Crippen molar-refractivity contribution in [3.63, 3.8) is 0 Å². The molecule has 1 aromatic heterocycles. The number of carboxylic acids is 1. The Bertz CT molecular complexity index is 654. The minimum Gasteiger partial charge on any atom is -0.495 e. The van der Waals surface area contributed by atoms with Gasteiger partial charge in [0.1, 0.15) is 5.75 Å². The van der Waals surface area contributed by atoms with Gasteiger partial charge in [-0.2, -0.15) is 5.10 Å². The van der Waals surface area contributed by atoms with Crippen LogP contribution in [0.3, 0.4) is 0 Å². The molecule has 0 saturated heterocycles. The Morgan fingerprint density at radius 1 is 1.48 bits per heavy atom. The van der Waals surface area contributed by atoms with E-state index in [4.69, 9.17) is 9.84 Å². The molecule has 112 valence electrons. The maximum Gasteiger partial charge on any atom is 0.356 e. The fraction of sp³-hybridized carbons (Fsp3) is 0.286. The number of carboxylic acid groups (broad SMARTS) is 1. The van der Waals surface area contributed by atoms with E-state index >= 15 is 0 Å². The molecule has 2 N–H and O–H groups in total. The Labute approximate surface area is 130 Å². The van der Waals surface area contributed by atoms with Gasteiger partial charge >= 0.3 is 5.97 Å². The lowest BCUT2D eigenvalue weighted by atomic mass is 10.1. The van der Waals surface area contributed by atoms with Crippen LogP contribution in [0.1, 0.15) is 22.5 Å². The van der Waals surface area contributed by atoms with Crippen molar-refractivity contribution in [2.45, 2.75) is 12.8 Å². The zero-order valence-electron chi connectivity index (χ0n) is 11.4. The minimum atomic E-state index is -1.08. The number of aromatic carboxylic acids is 1. The lowest BCUT2D eigenvalue weighted by Crippen LogP contribution is -2.03. The van der Waals surface area contributed by atoms with E-state index in [1.165, 1.54) is 4.68 Å². The number of rotatable bonds is 6. The number of hydrogen-bond acceptors (Lipinski definition) is 4. The Kier molecular flexibility index (Phi) is 4.98. The molecule has 0 saturated carbocycles. The third-order valence-electron chi connectivity index (χ3n) is 3.00. The number of benzene rings is 1. The summed E-state index contributed by atoms with van der Waals surface area (Å²) in [6, 6.07) is 5.38. The topological polar surface area (TPSA) is 84.6 Å². The molecular weight excluding hydrogens is 340 g/mol. The van der Waals surface area contributed by atoms with Gasteiger partial charge in [0.2, 0.25) is 0 Å². The van der Waals surface area contributed by atoms with Gasteiger partial charge in [0.15, 0.2) is 5.69 Å². The van der Waals surface area contributed by atoms with Crippen molar-refractivity contribution in [1.29, 1.82) is 0 Å². The Hall–Kier alpha value is -1.86. The highest BCUT2D eigenvalue weighted by atomic mass is 79.9. The number of halogens is 1. The number of methoxy groups -OCH3 is 1. The molecule has 0 unspecified atom stereocenters. The van der Waals surface area contributed by atoms with Crippen molar-refractivity contribution in [1.82, 2.24) is 9.78 Å². The largest absolute Gasteiger partial charge is 0.495 e. The summed E-state index contributed by atoms with van der Waals surface area (Å²) in [6.45, 7) is 0.0103. The summed E-state index contributed by atoms with van der Waals surface area (Å²) in [4.78, 5) is 11.2. The standard InChI is InChI=1S/C14H15BrN2O4/c1-21-12-7-10(4-5-11(12)15)17-8-9(3-2-6-18)13(16-17)14(19)20/h4-5,7-8,18H,2-3,6H2,1H3,(H,19,20). The summed E-state index contributed by atoms with van der Waals surface area (Å²) in [5.41, 5.74) is 1.30. The van der Waals surface area contributed by atoms with Gasteiger partial charge in [-0.15, -0.1) is 0 Å². The Morgan fingerprint density at radius 2 is 2.24 bits per heavy atom. The number of hydrogen-bond donors (Lipinski definition) is 2. The fourth-order valence-electron chi connectivity index (χ4n) is 1.97. The highest BCUT2D eigenvalue weighted by Gasteiger charge is 2.16. The van der Waals surface area contributed by atoms with Crippen LogP contribution in [-0.4, -0.2) is 39.7 Å². The average molecular weight is 355 g/mol. The minimum absolute atomic E-state index is 0.00494. The van der Waals surface area contributed by atoms with Crippen molar-refractivity contribution in [2.75, 3.05) is 13.7 Å². The number of aliphatic hydroxyl groups excluding tert-OH is 1. The van der Waals surface area contributed by atoms with Gasteiger partial charge in [0, 0.05) is 24.4 Å². The molecule has 0 aliphatic rings. The zero-order chi connectivity index (χ0) is 15.4. The van der Waals surface area contributed by atoms with E-state index in [0.29, 0.717) is 29.8 Å². The summed E-state index contributed by atoms with van der Waals surface area (Å²) in [5.74, 6) is -0.442. The molecule has 21 heavy (non-hydrogen) atoms. The lowest BCUT2D eigenvalue weighted by Gasteiger charge is -2.06. The van der Waals surface area contributed by atoms with Gasteiger partial charge in [0.25, 0.3) is 0 Å². The van der Waals surface area contributed by atoms with Crippen LogP contribution in [0.25, 0.3) is 5.69 Å². The summed E-state index contributed by atoms with van der Waals surface area (Å²) in [7, 11) is 1.56. The van der Waals surface area contributed by atoms with Crippen LogP contribution in [0.5, 0.6) is 5.75 Å². The number of carbonyl (C=O) groups is 1. The zero-order valence-corrected chi connectivity index (χ0v) is 13.0. The molecule has 0 radical (unpaired) electrons. The number of aliphatic hydroxyl groups is 1. The van der Waals surface area contributed by atoms with Gasteiger partial charge in [-0.3, -0.25) is 0 Å². The molecule has 2 aromatic rings. The summed E-state index contributed by atoms with van der Waals surface area (Å²) < 4.78 is 7.53. The molecule has 6 nitrogen and oxygen atoms in total. The maximum absolute atomic E-state index is 11.2. The second-order valence-electron chi connectivity index (χ2n) is 4.40. The number of ether oxygens (including phenoxy) is 1. The molecule has 0 fully saturated rings. The molecule has 2 rings (SSSR count). The van der Waals surface area contributed by atoms with Crippen molar-refractivity contribution in [3.8, 4) is 11.4 Å². The van der Waals surface area contributed by atoms with Gasteiger partial charge < -0.3 is 14.9 Å². The van der Waals surface area contributed by atoms with E-state index in [1.54, 1.807) is 25.4 Å². The van der Waals surface area contributed by atoms with Crippen molar-refractivity contribution in [2.24, 2.45) is 0 Å². The van der Waals surface area contributed by atoms with Crippen LogP contribution in [0.4, 0.5) is 0 Å². The highest BCUT2D eigenvalue weighted by Crippen LogP contribution is 2.27. The first-order valence-electron chi connectivity index (χ1n) is 6.33. The van der Waals surface area contributed by atoms with Gasteiger partial charge in [-0.05, 0) is 40.9 Å². The summed E-state index contributed by atoms with van der Waals surface area (Å²) >= 11 is 3.36. The van der Waals surface area contributed by atoms with E-state index in [9.17, 15) is 9.90 Å². The summed E-state index contributed by atoms with van der Waals surface area (Å²) in [6.07, 6.45) is 2.63. The smallest absolute Gasteiger partial charge is 0.356 e. The normalized spacial score (nSPS) is 10.6. The Morgan fingerprint density at radius 3 is 2.86 bits per heavy atom. The van der Waals surface area contributed by atoms with E-state index in [0.717, 1.165) is 4.47 Å². The van der Waals surface area contributed by atoms with E-state index in [1.807, 2.05) is 6.07 Å². The molecule has 0 atom stereocenters. The van der Waals surface area contributed by atoms with Crippen molar-refractivity contribution < 1.29 is 19.7 Å². The second-order valence-corrected chi connectivity index (χ2v) is 5.25. The van der Waals surface area contributed by atoms with Gasteiger partial charge in [-0.1, -0.05) is 0 Å². The first-order chi connectivity index (χ1) is 10.1. The van der Waals surface area contributed by atoms with Crippen LogP contribution >= 0.6 is 15.9 Å². The number of aryl methyl sites for hydroxylation is 1. The third kappa shape index (κ3) is 3.43. The average Bonchev–Trinajstić information content (AvgIpc) is 2.90. The van der Waals surface area contributed by atoms with Gasteiger partial charge in [-0.25, -0.2) is 9.48 Å². The molecule has 0 aliphatic carbocycles. The SMILES string of the molecule is COc1cc(-n2cc(CCCO)c(C(=O)O)n2)ccc1Br. The maximum atomic E-state index is 11.2. The predicted molar refractivity (Wildman–Crippen MR) is 80.2 cm³/mol. The quantitative estimate of drug-likeness (QED) is 0.831. The molecule has 0 amide bonds. The van der Waals surface area contributed by atoms with E-state index in [2.05, 4.69) is 21.0 Å². The first-order valence-corrected chi connectivity index (χ1v) is 7.12. The van der Waals surface area contributed by atoms with Crippen LogP contribution < -0.4 is 4.74 Å². The highest BCUT2D eigenvalue weighted by molar-refractivity contribution is 9.10. The van der Waals surface area contributed by atoms with Crippen LogP contribution in [0.2, 0.25) is 0 Å².